The van der Waals surface area contributed by atoms with Crippen LogP contribution in [-0.2, 0) is 7.05 Å². The van der Waals surface area contributed by atoms with Gasteiger partial charge >= 0.3 is 0 Å². The van der Waals surface area contributed by atoms with Crippen LogP contribution >= 0.6 is 11.8 Å². The summed E-state index contributed by atoms with van der Waals surface area (Å²) in [5, 5.41) is 5.80. The predicted molar refractivity (Wildman–Crippen MR) is 106 cm³/mol. The Morgan fingerprint density at radius 2 is 2.07 bits per heavy atom. The molecule has 0 saturated carbocycles. The molecule has 0 radical (unpaired) electrons. The van der Waals surface area contributed by atoms with Crippen LogP contribution < -0.4 is 15.5 Å². The van der Waals surface area contributed by atoms with E-state index < -0.39 is 17.0 Å². The molecule has 0 amide bonds. The van der Waals surface area contributed by atoms with Crippen LogP contribution in [0.5, 0.6) is 0 Å². The van der Waals surface area contributed by atoms with Crippen LogP contribution in [-0.4, -0.2) is 29.4 Å². The molecule has 1 saturated heterocycles. The van der Waals surface area contributed by atoms with Gasteiger partial charge in [0, 0.05) is 26.3 Å². The van der Waals surface area contributed by atoms with E-state index in [-0.39, 0.29) is 5.56 Å². The molecule has 0 spiro atoms. The lowest BCUT2D eigenvalue weighted by Gasteiger charge is -2.36. The van der Waals surface area contributed by atoms with E-state index in [1.165, 1.54) is 30.0 Å². The summed E-state index contributed by atoms with van der Waals surface area (Å²) >= 11 is 1.39. The molecule has 2 aliphatic heterocycles. The molecular weight excluding hydrogens is 368 g/mol. The van der Waals surface area contributed by atoms with E-state index in [2.05, 4.69) is 10.00 Å². The molecule has 1 unspecified atom stereocenters. The smallest absolute Gasteiger partial charge is 0.150 e. The quantitative estimate of drug-likeness (QED) is 0.863. The lowest BCUT2D eigenvalue weighted by atomic mass is 9.98. The Morgan fingerprint density at radius 1 is 1.30 bits per heavy atom. The number of nitrogens with zero attached hydrogens (tertiary/aromatic N) is 4. The van der Waals surface area contributed by atoms with Crippen molar-refractivity contribution in [1.29, 1.82) is 0 Å². The van der Waals surface area contributed by atoms with Crippen LogP contribution in [0.1, 0.15) is 23.8 Å². The summed E-state index contributed by atoms with van der Waals surface area (Å²) in [7, 11) is 1.90. The molecule has 8 heteroatoms. The summed E-state index contributed by atoms with van der Waals surface area (Å²) in [6.45, 7) is 2.45. The van der Waals surface area contributed by atoms with Crippen LogP contribution in [0, 0.1) is 17.6 Å². The van der Waals surface area contributed by atoms with Crippen molar-refractivity contribution >= 4 is 23.3 Å². The molecule has 2 aliphatic rings. The minimum absolute atomic E-state index is 0.0702. The summed E-state index contributed by atoms with van der Waals surface area (Å²) in [6, 6.07) is 3.99. The topological polar surface area (TPSA) is 50.3 Å². The molecule has 3 heterocycles. The van der Waals surface area contributed by atoms with Gasteiger partial charge in [0.1, 0.15) is 22.7 Å². The van der Waals surface area contributed by atoms with Crippen LogP contribution in [0.4, 0.5) is 20.3 Å². The minimum Gasteiger partial charge on any atom is -0.355 e. The van der Waals surface area contributed by atoms with Gasteiger partial charge in [0.2, 0.25) is 0 Å². The van der Waals surface area contributed by atoms with Gasteiger partial charge in [-0.25, -0.2) is 8.78 Å². The van der Waals surface area contributed by atoms with Crippen LogP contribution in [0.2, 0.25) is 0 Å². The Balaban J connectivity index is 1.70. The second-order valence-corrected chi connectivity index (χ2v) is 7.97. The Morgan fingerprint density at radius 3 is 2.81 bits per heavy atom. The van der Waals surface area contributed by atoms with Gasteiger partial charge in [-0.05, 0) is 42.8 Å². The van der Waals surface area contributed by atoms with E-state index in [0.717, 1.165) is 37.4 Å². The van der Waals surface area contributed by atoms with Crippen LogP contribution in [0.25, 0.3) is 0 Å². The van der Waals surface area contributed by atoms with Gasteiger partial charge in [0.25, 0.3) is 0 Å². The molecule has 144 valence electrons. The monoisotopic (exact) mass is 391 g/mol. The first-order chi connectivity index (χ1) is 13.1. The summed E-state index contributed by atoms with van der Waals surface area (Å²) in [6.07, 6.45) is 5.83. The molecular formula is C19H23F2N5S. The van der Waals surface area contributed by atoms with Crippen LogP contribution in [0.3, 0.4) is 0 Å². The van der Waals surface area contributed by atoms with Gasteiger partial charge in [-0.2, -0.15) is 5.10 Å². The van der Waals surface area contributed by atoms with Crippen molar-refractivity contribution in [2.75, 3.05) is 29.4 Å². The van der Waals surface area contributed by atoms with E-state index in [4.69, 9.17) is 5.73 Å². The first kappa shape index (κ1) is 18.3. The van der Waals surface area contributed by atoms with Crippen molar-refractivity contribution in [2.24, 2.45) is 18.7 Å². The molecule has 2 aromatic rings. The lowest BCUT2D eigenvalue weighted by Crippen LogP contribution is -2.40. The van der Waals surface area contributed by atoms with Crippen molar-refractivity contribution in [2.45, 2.75) is 18.2 Å². The third-order valence-electron chi connectivity index (χ3n) is 5.25. The number of nitrogens with two attached hydrogens (primary N) is 1. The summed E-state index contributed by atoms with van der Waals surface area (Å²) < 4.78 is 30.6. The Labute approximate surface area is 161 Å². The number of aromatic nitrogens is 2. The zero-order chi connectivity index (χ0) is 19.0. The highest BCUT2D eigenvalue weighted by Gasteiger charge is 2.33. The second kappa shape index (κ2) is 7.52. The molecule has 1 aromatic carbocycles. The third-order valence-corrected chi connectivity index (χ3v) is 6.25. The Kier molecular flexibility index (Phi) is 5.10. The van der Waals surface area contributed by atoms with Gasteiger partial charge in [-0.15, -0.1) is 11.8 Å². The average molecular weight is 391 g/mol. The number of thioether (sulfide) groups is 1. The summed E-state index contributed by atoms with van der Waals surface area (Å²) in [4.78, 5) is 4.19. The number of halogens is 2. The maximum absolute atomic E-state index is 14.4. The molecule has 1 aromatic heterocycles. The van der Waals surface area contributed by atoms with E-state index in [0.29, 0.717) is 12.5 Å². The van der Waals surface area contributed by atoms with Crippen molar-refractivity contribution in [3.05, 3.63) is 53.2 Å². The Hall–Kier alpha value is -2.06. The average Bonchev–Trinajstić information content (AvgIpc) is 3.28. The normalized spacial score (nSPS) is 22.7. The molecule has 4 rings (SSSR count). The van der Waals surface area contributed by atoms with Crippen molar-refractivity contribution in [3.63, 3.8) is 0 Å². The number of anilines is 2. The van der Waals surface area contributed by atoms with Gasteiger partial charge < -0.3 is 15.5 Å². The largest absolute Gasteiger partial charge is 0.355 e. The number of benzene rings is 1. The van der Waals surface area contributed by atoms with Gasteiger partial charge in [-0.3, -0.25) is 4.68 Å². The highest BCUT2D eigenvalue weighted by atomic mass is 32.2. The van der Waals surface area contributed by atoms with Gasteiger partial charge in [-0.1, -0.05) is 6.07 Å². The SMILES string of the molecule is Cn1ncc(N2C=CS[C@@H]2c2c(F)cccc2F)c1N1CCCC(CN)C1. The summed E-state index contributed by atoms with van der Waals surface area (Å²) in [5.74, 6) is 0.340. The standard InChI is InChI=1S/C19H23F2N5S/c1-24-18(25-7-3-4-13(10-22)12-25)16(11-23-24)26-8-9-27-19(26)17-14(20)5-2-6-15(17)21/h2,5-6,8-9,11,13,19H,3-4,7,10,12,22H2,1H3/t13?,19-/m1/s1. The number of rotatable bonds is 4. The number of piperidine rings is 1. The fourth-order valence-corrected chi connectivity index (χ4v) is 4.92. The molecule has 2 N–H and O–H groups in total. The second-order valence-electron chi connectivity index (χ2n) is 6.98. The molecule has 5 nitrogen and oxygen atoms in total. The van der Waals surface area contributed by atoms with Crippen molar-refractivity contribution in [3.8, 4) is 0 Å². The molecule has 1 fully saturated rings. The van der Waals surface area contributed by atoms with E-state index in [1.807, 2.05) is 28.2 Å². The molecule has 2 atom stereocenters. The number of aryl methyl sites for hydroxylation is 1. The third kappa shape index (κ3) is 3.32. The number of hydrogen-bond acceptors (Lipinski definition) is 5. The molecule has 0 bridgehead atoms. The highest BCUT2D eigenvalue weighted by Crippen LogP contribution is 2.46. The van der Waals surface area contributed by atoms with E-state index in [1.54, 1.807) is 6.20 Å². The minimum atomic E-state index is -0.534. The van der Waals surface area contributed by atoms with Crippen molar-refractivity contribution in [1.82, 2.24) is 9.78 Å². The highest BCUT2D eigenvalue weighted by molar-refractivity contribution is 8.02. The first-order valence-electron chi connectivity index (χ1n) is 9.11. The zero-order valence-electron chi connectivity index (χ0n) is 15.2. The lowest BCUT2D eigenvalue weighted by molar-refractivity contribution is 0.418. The maximum atomic E-state index is 14.4. The predicted octanol–water partition coefficient (Wildman–Crippen LogP) is 3.60. The molecule has 0 aliphatic carbocycles. The zero-order valence-corrected chi connectivity index (χ0v) is 16.0. The Bertz CT molecular complexity index is 832. The molecule has 27 heavy (non-hydrogen) atoms. The number of hydrogen-bond donors (Lipinski definition) is 1. The van der Waals surface area contributed by atoms with E-state index >= 15 is 0 Å². The van der Waals surface area contributed by atoms with Gasteiger partial charge in [0.05, 0.1) is 11.8 Å². The van der Waals surface area contributed by atoms with Crippen molar-refractivity contribution < 1.29 is 8.78 Å². The maximum Gasteiger partial charge on any atom is 0.150 e. The summed E-state index contributed by atoms with van der Waals surface area (Å²) in [5.41, 5.74) is 6.81. The fourth-order valence-electron chi connectivity index (χ4n) is 3.90. The van der Waals surface area contributed by atoms with E-state index in [9.17, 15) is 8.78 Å². The first-order valence-corrected chi connectivity index (χ1v) is 10.1. The van der Waals surface area contributed by atoms with Crippen LogP contribution in [0.15, 0.2) is 36.0 Å². The van der Waals surface area contributed by atoms with Gasteiger partial charge in [0.15, 0.2) is 5.82 Å². The fraction of sp³-hybridized carbons (Fsp3) is 0.421.